The summed E-state index contributed by atoms with van der Waals surface area (Å²) in [4.78, 5) is 27.8. The van der Waals surface area contributed by atoms with E-state index in [1.165, 1.54) is 0 Å². The highest BCUT2D eigenvalue weighted by Gasteiger charge is 2.16. The normalized spacial score (nSPS) is 10.7. The summed E-state index contributed by atoms with van der Waals surface area (Å²) in [6.07, 6.45) is 1.60. The summed E-state index contributed by atoms with van der Waals surface area (Å²) in [6.45, 7) is 6.08. The van der Waals surface area contributed by atoms with Crippen LogP contribution in [0.2, 0.25) is 0 Å². The lowest BCUT2D eigenvalue weighted by Gasteiger charge is -2.25. The highest BCUT2D eigenvalue weighted by molar-refractivity contribution is 5.92. The van der Waals surface area contributed by atoms with Crippen LogP contribution >= 0.6 is 0 Å². The number of nitrogens with zero attached hydrogens (tertiary/aromatic N) is 2. The molecule has 6 nitrogen and oxygen atoms in total. The van der Waals surface area contributed by atoms with E-state index in [9.17, 15) is 9.59 Å². The van der Waals surface area contributed by atoms with Crippen LogP contribution in [0.1, 0.15) is 32.1 Å². The van der Waals surface area contributed by atoms with Crippen LogP contribution in [0.25, 0.3) is 0 Å². The molecule has 0 saturated heterocycles. The molecule has 6 heteroatoms. The second kappa shape index (κ2) is 8.56. The zero-order valence-electron chi connectivity index (χ0n) is 16.1. The van der Waals surface area contributed by atoms with Gasteiger partial charge in [0.2, 0.25) is 11.8 Å². The molecule has 1 aromatic heterocycles. The molecule has 2 rings (SSSR count). The Bertz CT molecular complexity index is 752. The Labute approximate surface area is 154 Å². The van der Waals surface area contributed by atoms with Crippen molar-refractivity contribution in [2.24, 2.45) is 5.92 Å². The largest absolute Gasteiger partial charge is 0.467 e. The lowest BCUT2D eigenvalue weighted by Crippen LogP contribution is -2.28. The van der Waals surface area contributed by atoms with Gasteiger partial charge in [0.15, 0.2) is 0 Å². The molecule has 1 N–H and O–H groups in total. The minimum atomic E-state index is -0.0976. The molecule has 0 unspecified atom stereocenters. The Morgan fingerprint density at radius 2 is 1.88 bits per heavy atom. The Morgan fingerprint density at radius 1 is 1.15 bits per heavy atom. The lowest BCUT2D eigenvalue weighted by atomic mass is 10.1. The van der Waals surface area contributed by atoms with Crippen molar-refractivity contribution in [1.82, 2.24) is 4.90 Å². The molecule has 0 saturated carbocycles. The van der Waals surface area contributed by atoms with Crippen LogP contribution in [-0.4, -0.2) is 30.8 Å². The van der Waals surface area contributed by atoms with E-state index in [0.717, 1.165) is 22.7 Å². The van der Waals surface area contributed by atoms with Gasteiger partial charge in [0.1, 0.15) is 5.76 Å². The minimum absolute atomic E-state index is 0.0347. The molecule has 1 aromatic carbocycles. The molecule has 140 valence electrons. The average molecular weight is 357 g/mol. The Balaban J connectivity index is 2.28. The van der Waals surface area contributed by atoms with Crippen LogP contribution < -0.4 is 10.2 Å². The van der Waals surface area contributed by atoms with Gasteiger partial charge in [0.05, 0.1) is 12.8 Å². The third-order valence-electron chi connectivity index (χ3n) is 4.09. The SMILES string of the molecule is CC(=O)N(Cc1ccco1)Cc1cc(NC(=O)C(C)C)ccc1N(C)C. The summed E-state index contributed by atoms with van der Waals surface area (Å²) in [7, 11) is 3.91. The van der Waals surface area contributed by atoms with Crippen LogP contribution in [0, 0.1) is 5.92 Å². The van der Waals surface area contributed by atoms with E-state index in [1.54, 1.807) is 24.2 Å². The second-order valence-electron chi connectivity index (χ2n) is 6.84. The number of hydrogen-bond acceptors (Lipinski definition) is 4. The predicted molar refractivity (Wildman–Crippen MR) is 103 cm³/mol. The van der Waals surface area contributed by atoms with Gasteiger partial charge >= 0.3 is 0 Å². The quantitative estimate of drug-likeness (QED) is 0.824. The third kappa shape index (κ3) is 5.12. The Morgan fingerprint density at radius 3 is 2.42 bits per heavy atom. The molecule has 0 radical (unpaired) electrons. The van der Waals surface area contributed by atoms with Gasteiger partial charge in [0.25, 0.3) is 0 Å². The Hall–Kier alpha value is -2.76. The third-order valence-corrected chi connectivity index (χ3v) is 4.09. The zero-order valence-corrected chi connectivity index (χ0v) is 16.1. The first kappa shape index (κ1) is 19.6. The van der Waals surface area contributed by atoms with Gasteiger partial charge in [-0.05, 0) is 35.9 Å². The van der Waals surface area contributed by atoms with Gasteiger partial charge in [-0.2, -0.15) is 0 Å². The molecule has 2 amide bonds. The number of rotatable bonds is 7. The minimum Gasteiger partial charge on any atom is -0.467 e. The maximum absolute atomic E-state index is 12.1. The maximum Gasteiger partial charge on any atom is 0.226 e. The molecule has 26 heavy (non-hydrogen) atoms. The predicted octanol–water partition coefficient (Wildman–Crippen LogP) is 3.49. The molecular formula is C20H27N3O3. The molecule has 0 spiro atoms. The molecular weight excluding hydrogens is 330 g/mol. The summed E-state index contributed by atoms with van der Waals surface area (Å²) in [6, 6.07) is 9.41. The number of nitrogens with one attached hydrogen (secondary N) is 1. The van der Waals surface area contributed by atoms with Crippen LogP contribution in [0.3, 0.4) is 0 Å². The van der Waals surface area contributed by atoms with Crippen molar-refractivity contribution in [2.45, 2.75) is 33.9 Å². The van der Waals surface area contributed by atoms with Crippen molar-refractivity contribution >= 4 is 23.2 Å². The molecule has 0 aliphatic rings. The first-order valence-corrected chi connectivity index (χ1v) is 8.67. The summed E-state index contributed by atoms with van der Waals surface area (Å²) in [5.74, 6) is 0.561. The highest BCUT2D eigenvalue weighted by Crippen LogP contribution is 2.25. The van der Waals surface area contributed by atoms with Crippen molar-refractivity contribution in [3.05, 3.63) is 47.9 Å². The Kier molecular flexibility index (Phi) is 6.44. The van der Waals surface area contributed by atoms with E-state index in [2.05, 4.69) is 5.32 Å². The number of carbonyl (C=O) groups excluding carboxylic acids is 2. The van der Waals surface area contributed by atoms with Gasteiger partial charge < -0.3 is 19.5 Å². The number of carbonyl (C=O) groups is 2. The van der Waals surface area contributed by atoms with Crippen molar-refractivity contribution in [3.8, 4) is 0 Å². The zero-order chi connectivity index (χ0) is 19.3. The van der Waals surface area contributed by atoms with Crippen LogP contribution in [0.4, 0.5) is 11.4 Å². The van der Waals surface area contributed by atoms with Gasteiger partial charge in [-0.25, -0.2) is 0 Å². The molecule has 0 aliphatic heterocycles. The number of amides is 2. The summed E-state index contributed by atoms with van der Waals surface area (Å²) in [5, 5.41) is 2.92. The summed E-state index contributed by atoms with van der Waals surface area (Å²) in [5.41, 5.74) is 2.68. The van der Waals surface area contributed by atoms with E-state index < -0.39 is 0 Å². The molecule has 1 heterocycles. The van der Waals surface area contributed by atoms with Gasteiger partial charge in [-0.1, -0.05) is 13.8 Å². The number of anilines is 2. The van der Waals surface area contributed by atoms with Gasteiger partial charge in [-0.15, -0.1) is 0 Å². The van der Waals surface area contributed by atoms with Crippen LogP contribution in [0.5, 0.6) is 0 Å². The van der Waals surface area contributed by atoms with Crippen molar-refractivity contribution in [3.63, 3.8) is 0 Å². The second-order valence-corrected chi connectivity index (χ2v) is 6.84. The van der Waals surface area contributed by atoms with Crippen LogP contribution in [0.15, 0.2) is 41.0 Å². The molecule has 2 aromatic rings. The van der Waals surface area contributed by atoms with Crippen molar-refractivity contribution < 1.29 is 14.0 Å². The number of hydrogen-bond donors (Lipinski definition) is 1. The smallest absolute Gasteiger partial charge is 0.226 e. The highest BCUT2D eigenvalue weighted by atomic mass is 16.3. The molecule has 0 bridgehead atoms. The maximum atomic E-state index is 12.1. The topological polar surface area (TPSA) is 65.8 Å². The standard InChI is InChI=1S/C20H27N3O3/c1-14(2)20(25)21-17-8-9-19(22(4)5)16(11-17)12-23(15(3)24)13-18-7-6-10-26-18/h6-11,14H,12-13H2,1-5H3,(H,21,25). The van der Waals surface area contributed by atoms with Gasteiger partial charge in [-0.3, -0.25) is 9.59 Å². The fraction of sp³-hybridized carbons (Fsp3) is 0.400. The van der Waals surface area contributed by atoms with E-state index in [4.69, 9.17) is 4.42 Å². The van der Waals surface area contributed by atoms with E-state index in [1.807, 2.05) is 57.1 Å². The first-order valence-electron chi connectivity index (χ1n) is 8.67. The average Bonchev–Trinajstić information content (AvgIpc) is 3.07. The monoisotopic (exact) mass is 357 g/mol. The lowest BCUT2D eigenvalue weighted by molar-refractivity contribution is -0.130. The summed E-state index contributed by atoms with van der Waals surface area (Å²) >= 11 is 0. The van der Waals surface area contributed by atoms with Gasteiger partial charge in [0, 0.05) is 44.9 Å². The molecule has 0 atom stereocenters. The molecule has 0 fully saturated rings. The van der Waals surface area contributed by atoms with Crippen LogP contribution in [-0.2, 0) is 22.7 Å². The summed E-state index contributed by atoms with van der Waals surface area (Å²) < 4.78 is 5.37. The first-order chi connectivity index (χ1) is 12.3. The van der Waals surface area contributed by atoms with Crippen molar-refractivity contribution in [2.75, 3.05) is 24.3 Å². The van der Waals surface area contributed by atoms with E-state index in [-0.39, 0.29) is 17.7 Å². The van der Waals surface area contributed by atoms with E-state index in [0.29, 0.717) is 13.1 Å². The molecule has 0 aliphatic carbocycles. The number of furan rings is 1. The fourth-order valence-corrected chi connectivity index (χ4v) is 2.59. The van der Waals surface area contributed by atoms with Crippen molar-refractivity contribution in [1.29, 1.82) is 0 Å². The fourth-order valence-electron chi connectivity index (χ4n) is 2.59. The number of benzene rings is 1. The van der Waals surface area contributed by atoms with E-state index >= 15 is 0 Å².